The van der Waals surface area contributed by atoms with Gasteiger partial charge in [0.2, 0.25) is 5.91 Å². The van der Waals surface area contributed by atoms with Crippen LogP contribution in [0.4, 0.5) is 0 Å². The number of halogens is 2. The van der Waals surface area contributed by atoms with E-state index in [1.807, 2.05) is 13.8 Å². The zero-order chi connectivity index (χ0) is 16.9. The van der Waals surface area contributed by atoms with Crippen molar-refractivity contribution in [2.45, 2.75) is 32.9 Å². The Balaban J connectivity index is 2.60. The molecule has 0 aliphatic heterocycles. The van der Waals surface area contributed by atoms with E-state index in [1.165, 1.54) is 6.07 Å². The van der Waals surface area contributed by atoms with Gasteiger partial charge in [0.1, 0.15) is 6.04 Å². The molecule has 0 saturated heterocycles. The molecule has 0 fully saturated rings. The summed E-state index contributed by atoms with van der Waals surface area (Å²) in [6, 6.07) is 3.94. The molecule has 0 aliphatic rings. The molecule has 7 heteroatoms. The number of hydrogen-bond acceptors (Lipinski definition) is 3. The molecule has 5 nitrogen and oxygen atoms in total. The highest BCUT2D eigenvalue weighted by atomic mass is 35.5. The Labute approximate surface area is 140 Å². The lowest BCUT2D eigenvalue weighted by atomic mass is 10.1. The highest BCUT2D eigenvalue weighted by Gasteiger charge is 2.20. The molecule has 0 bridgehead atoms. The number of aliphatic hydroxyl groups is 1. The number of carbonyl (C=O) groups is 2. The average Bonchev–Trinajstić information content (AvgIpc) is 2.46. The van der Waals surface area contributed by atoms with Crippen LogP contribution < -0.4 is 10.6 Å². The summed E-state index contributed by atoms with van der Waals surface area (Å²) in [5.41, 5.74) is 0.205. The van der Waals surface area contributed by atoms with E-state index < -0.39 is 18.1 Å². The van der Waals surface area contributed by atoms with Crippen LogP contribution in [-0.2, 0) is 4.79 Å². The van der Waals surface area contributed by atoms with Crippen LogP contribution in [0.3, 0.4) is 0 Å². The molecular weight excluding hydrogens is 327 g/mol. The minimum absolute atomic E-state index is 0.0375. The fourth-order valence-electron chi connectivity index (χ4n) is 1.61. The van der Waals surface area contributed by atoms with Gasteiger partial charge in [-0.1, -0.05) is 43.1 Å². The molecule has 1 rings (SSSR count). The zero-order valence-electron chi connectivity index (χ0n) is 12.7. The van der Waals surface area contributed by atoms with Gasteiger partial charge in [-0.15, -0.1) is 0 Å². The van der Waals surface area contributed by atoms with Crippen molar-refractivity contribution < 1.29 is 14.7 Å². The number of aliphatic hydroxyl groups excluding tert-OH is 1. The summed E-state index contributed by atoms with van der Waals surface area (Å²) in [4.78, 5) is 24.0. The van der Waals surface area contributed by atoms with Gasteiger partial charge >= 0.3 is 0 Å². The summed E-state index contributed by atoms with van der Waals surface area (Å²) in [6.07, 6.45) is -0.630. The zero-order valence-corrected chi connectivity index (χ0v) is 14.2. The number of nitrogens with one attached hydrogen (secondary N) is 2. The lowest BCUT2D eigenvalue weighted by molar-refractivity contribution is -0.123. The Morgan fingerprint density at radius 3 is 2.45 bits per heavy atom. The van der Waals surface area contributed by atoms with Gasteiger partial charge < -0.3 is 15.7 Å². The molecule has 0 radical (unpaired) electrons. The topological polar surface area (TPSA) is 78.4 Å². The maximum Gasteiger partial charge on any atom is 0.253 e. The van der Waals surface area contributed by atoms with Gasteiger partial charge in [0.05, 0.1) is 21.7 Å². The first-order chi connectivity index (χ1) is 10.2. The fourth-order valence-corrected chi connectivity index (χ4v) is 2.00. The van der Waals surface area contributed by atoms with Crippen LogP contribution in [0.1, 0.15) is 31.1 Å². The molecule has 2 atom stereocenters. The van der Waals surface area contributed by atoms with Crippen molar-refractivity contribution in [1.82, 2.24) is 10.6 Å². The van der Waals surface area contributed by atoms with Crippen LogP contribution in [0.5, 0.6) is 0 Å². The maximum absolute atomic E-state index is 12.1. The second-order valence-corrected chi connectivity index (χ2v) is 6.14. The van der Waals surface area contributed by atoms with E-state index in [4.69, 9.17) is 23.2 Å². The summed E-state index contributed by atoms with van der Waals surface area (Å²) in [6.45, 7) is 5.38. The van der Waals surface area contributed by atoms with Crippen molar-refractivity contribution in [3.63, 3.8) is 0 Å². The van der Waals surface area contributed by atoms with Gasteiger partial charge in [-0.3, -0.25) is 9.59 Å². The molecule has 0 spiro atoms. The van der Waals surface area contributed by atoms with Crippen molar-refractivity contribution in [3.8, 4) is 0 Å². The number of benzene rings is 1. The second-order valence-electron chi connectivity index (χ2n) is 5.35. The minimum atomic E-state index is -0.762. The monoisotopic (exact) mass is 346 g/mol. The maximum atomic E-state index is 12.1. The van der Waals surface area contributed by atoms with Gasteiger partial charge in [-0.2, -0.15) is 0 Å². The molecule has 0 saturated carbocycles. The quantitative estimate of drug-likeness (QED) is 0.739. The standard InChI is InChI=1S/C15H20Cl2N2O3/c1-8(2)12(20)7-18-14(21)9(3)19-15(22)10-5-4-6-11(16)13(10)17/h4-6,8-9,12,20H,7H2,1-3H3,(H,18,21)(H,19,22). The molecule has 1 aromatic carbocycles. The predicted octanol–water partition coefficient (Wildman–Crippen LogP) is 2.24. The van der Waals surface area contributed by atoms with Crippen molar-refractivity contribution in [1.29, 1.82) is 0 Å². The SMILES string of the molecule is CC(NC(=O)c1cccc(Cl)c1Cl)C(=O)NCC(O)C(C)C. The number of amides is 2. The Kier molecular flexibility index (Phi) is 7.13. The van der Waals surface area contributed by atoms with Crippen LogP contribution in [0.25, 0.3) is 0 Å². The molecule has 0 heterocycles. The van der Waals surface area contributed by atoms with Crippen molar-refractivity contribution in [3.05, 3.63) is 33.8 Å². The Morgan fingerprint density at radius 2 is 1.86 bits per heavy atom. The molecule has 0 aliphatic carbocycles. The van der Waals surface area contributed by atoms with E-state index in [-0.39, 0.29) is 34.0 Å². The minimum Gasteiger partial charge on any atom is -0.391 e. The predicted molar refractivity (Wildman–Crippen MR) is 87.2 cm³/mol. The van der Waals surface area contributed by atoms with Crippen LogP contribution >= 0.6 is 23.2 Å². The molecule has 122 valence electrons. The molecule has 1 aromatic rings. The molecule has 2 amide bonds. The lowest BCUT2D eigenvalue weighted by Gasteiger charge is -2.18. The third kappa shape index (κ3) is 5.16. The number of hydrogen-bond donors (Lipinski definition) is 3. The summed E-state index contributed by atoms with van der Waals surface area (Å²) in [5.74, 6) is -0.832. The highest BCUT2D eigenvalue weighted by Crippen LogP contribution is 2.25. The van der Waals surface area contributed by atoms with Crippen molar-refractivity contribution >= 4 is 35.0 Å². The fraction of sp³-hybridized carbons (Fsp3) is 0.467. The van der Waals surface area contributed by atoms with Gasteiger partial charge in [0.15, 0.2) is 0 Å². The third-order valence-electron chi connectivity index (χ3n) is 3.19. The summed E-state index contributed by atoms with van der Waals surface area (Å²) < 4.78 is 0. The largest absolute Gasteiger partial charge is 0.391 e. The first kappa shape index (κ1) is 18.7. The van der Waals surface area contributed by atoms with Crippen LogP contribution in [-0.4, -0.2) is 35.6 Å². The smallest absolute Gasteiger partial charge is 0.253 e. The lowest BCUT2D eigenvalue weighted by Crippen LogP contribution is -2.47. The van der Waals surface area contributed by atoms with Crippen molar-refractivity contribution in [2.24, 2.45) is 5.92 Å². The van der Waals surface area contributed by atoms with Gasteiger partial charge in [0.25, 0.3) is 5.91 Å². The Morgan fingerprint density at radius 1 is 1.23 bits per heavy atom. The molecule has 0 aromatic heterocycles. The van der Waals surface area contributed by atoms with E-state index >= 15 is 0 Å². The highest BCUT2D eigenvalue weighted by molar-refractivity contribution is 6.43. The van der Waals surface area contributed by atoms with Gasteiger partial charge in [0, 0.05) is 6.54 Å². The van der Waals surface area contributed by atoms with Crippen molar-refractivity contribution in [2.75, 3.05) is 6.54 Å². The van der Waals surface area contributed by atoms with Crippen LogP contribution in [0.15, 0.2) is 18.2 Å². The summed E-state index contributed by atoms with van der Waals surface area (Å²) >= 11 is 11.8. The third-order valence-corrected chi connectivity index (χ3v) is 4.01. The molecule has 2 unspecified atom stereocenters. The normalized spacial score (nSPS) is 13.6. The summed E-state index contributed by atoms with van der Waals surface area (Å²) in [7, 11) is 0. The van der Waals surface area contributed by atoms with E-state index in [9.17, 15) is 14.7 Å². The number of carbonyl (C=O) groups excluding carboxylic acids is 2. The van der Waals surface area contributed by atoms with Crippen LogP contribution in [0, 0.1) is 5.92 Å². The van der Waals surface area contributed by atoms with E-state index in [2.05, 4.69) is 10.6 Å². The Hall–Kier alpha value is -1.30. The Bertz CT molecular complexity index is 550. The van der Waals surface area contributed by atoms with E-state index in [0.717, 1.165) is 0 Å². The molecular formula is C15H20Cl2N2O3. The number of rotatable bonds is 6. The molecule has 3 N–H and O–H groups in total. The van der Waals surface area contributed by atoms with Gasteiger partial charge in [-0.05, 0) is 25.0 Å². The van der Waals surface area contributed by atoms with Gasteiger partial charge in [-0.25, -0.2) is 0 Å². The van der Waals surface area contributed by atoms with Crippen LogP contribution in [0.2, 0.25) is 10.0 Å². The first-order valence-corrected chi connectivity index (χ1v) is 7.70. The molecule has 22 heavy (non-hydrogen) atoms. The van der Waals surface area contributed by atoms with E-state index in [0.29, 0.717) is 0 Å². The second kappa shape index (κ2) is 8.36. The summed E-state index contributed by atoms with van der Waals surface area (Å²) in [5, 5.41) is 15.2. The first-order valence-electron chi connectivity index (χ1n) is 6.94. The van der Waals surface area contributed by atoms with E-state index in [1.54, 1.807) is 19.1 Å². The average molecular weight is 347 g/mol.